The van der Waals surface area contributed by atoms with Gasteiger partial charge in [0.2, 0.25) is 0 Å². The van der Waals surface area contributed by atoms with E-state index < -0.39 is 0 Å². The van der Waals surface area contributed by atoms with Gasteiger partial charge in [-0.3, -0.25) is 4.90 Å². The van der Waals surface area contributed by atoms with Gasteiger partial charge in [0.1, 0.15) is 0 Å². The van der Waals surface area contributed by atoms with Gasteiger partial charge in [0, 0.05) is 19.2 Å². The lowest BCUT2D eigenvalue weighted by atomic mass is 10.1. The molecule has 0 radical (unpaired) electrons. The van der Waals surface area contributed by atoms with E-state index in [-0.39, 0.29) is 0 Å². The van der Waals surface area contributed by atoms with Crippen LogP contribution in [-0.4, -0.2) is 49.8 Å². The third kappa shape index (κ3) is 4.23. The van der Waals surface area contributed by atoms with E-state index in [1.807, 2.05) is 0 Å². The summed E-state index contributed by atoms with van der Waals surface area (Å²) in [5, 5.41) is 3.49. The zero-order valence-corrected chi connectivity index (χ0v) is 11.3. The van der Waals surface area contributed by atoms with Crippen molar-refractivity contribution in [3.05, 3.63) is 0 Å². The Balaban J connectivity index is 1.59. The molecular formula is C14H28N2O. The number of likely N-dealkylation sites (N-methyl/N-ethyl adjacent to an activating group) is 1. The zero-order chi connectivity index (χ0) is 11.9. The molecule has 2 atom stereocenters. The summed E-state index contributed by atoms with van der Waals surface area (Å²) >= 11 is 0. The third-order valence-electron chi connectivity index (χ3n) is 4.12. The fourth-order valence-electron chi connectivity index (χ4n) is 3.13. The second kappa shape index (κ2) is 7.34. The first-order chi connectivity index (χ1) is 8.40. The van der Waals surface area contributed by atoms with Crippen LogP contribution < -0.4 is 5.32 Å². The first kappa shape index (κ1) is 13.3. The summed E-state index contributed by atoms with van der Waals surface area (Å²) in [7, 11) is 0. The van der Waals surface area contributed by atoms with Crippen molar-refractivity contribution in [2.24, 2.45) is 0 Å². The van der Waals surface area contributed by atoms with E-state index in [4.69, 9.17) is 4.74 Å². The standard InChI is InChI=1S/C14H28N2O/c1-2-15-12-13-6-3-9-16(13)10-4-7-14-8-5-11-17-14/h13-15H,2-12H2,1H3. The number of nitrogens with zero attached hydrogens (tertiary/aromatic N) is 1. The summed E-state index contributed by atoms with van der Waals surface area (Å²) in [6.07, 6.45) is 8.49. The lowest BCUT2D eigenvalue weighted by Gasteiger charge is -2.25. The van der Waals surface area contributed by atoms with Crippen molar-refractivity contribution in [2.45, 2.75) is 57.6 Å². The molecule has 0 saturated carbocycles. The smallest absolute Gasteiger partial charge is 0.0576 e. The number of rotatable bonds is 7. The fourth-order valence-corrected chi connectivity index (χ4v) is 3.13. The minimum absolute atomic E-state index is 0.574. The van der Waals surface area contributed by atoms with Crippen LogP contribution in [0.5, 0.6) is 0 Å². The molecule has 2 aliphatic heterocycles. The molecule has 0 amide bonds. The summed E-state index contributed by atoms with van der Waals surface area (Å²) < 4.78 is 5.68. The number of hydrogen-bond donors (Lipinski definition) is 1. The minimum atomic E-state index is 0.574. The van der Waals surface area contributed by atoms with Crippen LogP contribution >= 0.6 is 0 Å². The van der Waals surface area contributed by atoms with Crippen molar-refractivity contribution in [1.29, 1.82) is 0 Å². The van der Waals surface area contributed by atoms with Gasteiger partial charge < -0.3 is 10.1 Å². The number of hydrogen-bond acceptors (Lipinski definition) is 3. The quantitative estimate of drug-likeness (QED) is 0.737. The highest BCUT2D eigenvalue weighted by Gasteiger charge is 2.24. The van der Waals surface area contributed by atoms with Crippen LogP contribution in [0.2, 0.25) is 0 Å². The Hall–Kier alpha value is -0.120. The van der Waals surface area contributed by atoms with Crippen molar-refractivity contribution >= 4 is 0 Å². The zero-order valence-electron chi connectivity index (χ0n) is 11.3. The maximum atomic E-state index is 5.68. The van der Waals surface area contributed by atoms with Gasteiger partial charge in [-0.15, -0.1) is 0 Å². The second-order valence-electron chi connectivity index (χ2n) is 5.42. The minimum Gasteiger partial charge on any atom is -0.378 e. The molecule has 2 fully saturated rings. The molecule has 2 heterocycles. The highest BCUT2D eigenvalue weighted by Crippen LogP contribution is 2.20. The molecule has 3 heteroatoms. The van der Waals surface area contributed by atoms with Gasteiger partial charge in [-0.05, 0) is 58.2 Å². The number of nitrogens with one attached hydrogen (secondary N) is 1. The average molecular weight is 240 g/mol. The van der Waals surface area contributed by atoms with Crippen LogP contribution in [0.4, 0.5) is 0 Å². The van der Waals surface area contributed by atoms with E-state index in [1.54, 1.807) is 0 Å². The average Bonchev–Trinajstić information content (AvgIpc) is 2.98. The maximum Gasteiger partial charge on any atom is 0.0576 e. The van der Waals surface area contributed by atoms with Crippen molar-refractivity contribution < 1.29 is 4.74 Å². The van der Waals surface area contributed by atoms with Gasteiger partial charge in [0.25, 0.3) is 0 Å². The molecule has 0 spiro atoms. The lowest BCUT2D eigenvalue weighted by molar-refractivity contribution is 0.0980. The summed E-state index contributed by atoms with van der Waals surface area (Å²) in [5.74, 6) is 0. The summed E-state index contributed by atoms with van der Waals surface area (Å²) in [5.41, 5.74) is 0. The maximum absolute atomic E-state index is 5.68. The number of ether oxygens (including phenoxy) is 1. The monoisotopic (exact) mass is 240 g/mol. The van der Waals surface area contributed by atoms with Gasteiger partial charge in [0.05, 0.1) is 6.10 Å². The Morgan fingerprint density at radius 3 is 3.00 bits per heavy atom. The van der Waals surface area contributed by atoms with Crippen LogP contribution in [0.3, 0.4) is 0 Å². The molecule has 100 valence electrons. The fraction of sp³-hybridized carbons (Fsp3) is 1.00. The van der Waals surface area contributed by atoms with Crippen molar-refractivity contribution in [3.8, 4) is 0 Å². The van der Waals surface area contributed by atoms with E-state index in [0.717, 1.165) is 19.2 Å². The molecule has 17 heavy (non-hydrogen) atoms. The Morgan fingerprint density at radius 2 is 2.24 bits per heavy atom. The second-order valence-corrected chi connectivity index (χ2v) is 5.42. The Morgan fingerprint density at radius 1 is 1.29 bits per heavy atom. The Kier molecular flexibility index (Phi) is 5.75. The predicted molar refractivity (Wildman–Crippen MR) is 71.3 cm³/mol. The SMILES string of the molecule is CCNCC1CCCN1CCCC1CCCO1. The van der Waals surface area contributed by atoms with E-state index >= 15 is 0 Å². The molecule has 0 aliphatic carbocycles. The Bertz CT molecular complexity index is 204. The van der Waals surface area contributed by atoms with Gasteiger partial charge in [-0.25, -0.2) is 0 Å². The van der Waals surface area contributed by atoms with E-state index in [0.29, 0.717) is 6.10 Å². The molecule has 0 bridgehead atoms. The van der Waals surface area contributed by atoms with Crippen LogP contribution in [0.1, 0.15) is 45.4 Å². The molecule has 3 nitrogen and oxygen atoms in total. The molecule has 2 unspecified atom stereocenters. The van der Waals surface area contributed by atoms with Crippen molar-refractivity contribution in [1.82, 2.24) is 10.2 Å². The largest absolute Gasteiger partial charge is 0.378 e. The molecule has 1 N–H and O–H groups in total. The van der Waals surface area contributed by atoms with Gasteiger partial charge in [-0.2, -0.15) is 0 Å². The predicted octanol–water partition coefficient (Wildman–Crippen LogP) is 2.02. The van der Waals surface area contributed by atoms with E-state index in [9.17, 15) is 0 Å². The highest BCUT2D eigenvalue weighted by molar-refractivity contribution is 4.81. The van der Waals surface area contributed by atoms with Crippen LogP contribution in [0, 0.1) is 0 Å². The van der Waals surface area contributed by atoms with E-state index in [1.165, 1.54) is 58.2 Å². The van der Waals surface area contributed by atoms with Gasteiger partial charge >= 0.3 is 0 Å². The van der Waals surface area contributed by atoms with Crippen LogP contribution in [0.25, 0.3) is 0 Å². The molecule has 0 aromatic heterocycles. The first-order valence-electron chi connectivity index (χ1n) is 7.46. The normalized spacial score (nSPS) is 30.2. The van der Waals surface area contributed by atoms with Gasteiger partial charge in [0.15, 0.2) is 0 Å². The van der Waals surface area contributed by atoms with Crippen molar-refractivity contribution in [3.63, 3.8) is 0 Å². The molecule has 0 aromatic rings. The van der Waals surface area contributed by atoms with E-state index in [2.05, 4.69) is 17.1 Å². The van der Waals surface area contributed by atoms with Gasteiger partial charge in [-0.1, -0.05) is 6.92 Å². The van der Waals surface area contributed by atoms with Crippen LogP contribution in [0.15, 0.2) is 0 Å². The summed E-state index contributed by atoms with van der Waals surface area (Å²) in [6.45, 7) is 8.04. The molecule has 2 aliphatic rings. The molecule has 2 saturated heterocycles. The first-order valence-corrected chi connectivity index (χ1v) is 7.46. The lowest BCUT2D eigenvalue weighted by Crippen LogP contribution is -2.38. The summed E-state index contributed by atoms with van der Waals surface area (Å²) in [6, 6.07) is 0.791. The molecule has 0 aromatic carbocycles. The van der Waals surface area contributed by atoms with Crippen LogP contribution in [-0.2, 0) is 4.74 Å². The number of likely N-dealkylation sites (tertiary alicyclic amines) is 1. The Labute approximate surface area is 106 Å². The molecular weight excluding hydrogens is 212 g/mol. The topological polar surface area (TPSA) is 24.5 Å². The molecule has 2 rings (SSSR count). The summed E-state index contributed by atoms with van der Waals surface area (Å²) in [4.78, 5) is 2.68. The highest BCUT2D eigenvalue weighted by atomic mass is 16.5. The van der Waals surface area contributed by atoms with Crippen molar-refractivity contribution in [2.75, 3.05) is 32.8 Å². The third-order valence-corrected chi connectivity index (χ3v) is 4.12.